The van der Waals surface area contributed by atoms with Crippen LogP contribution in [0.2, 0.25) is 0 Å². The molecule has 15 heavy (non-hydrogen) atoms. The number of urea groups is 1. The molecule has 0 aromatic heterocycles. The van der Waals surface area contributed by atoms with Crippen molar-refractivity contribution < 1.29 is 4.79 Å². The largest absolute Gasteiger partial charge is 0.338 e. The fraction of sp³-hybridized carbons (Fsp3) is 0.909. The predicted octanol–water partition coefficient (Wildman–Crippen LogP) is 2.32. The molecule has 0 spiro atoms. The molecule has 0 bridgehead atoms. The van der Waals surface area contributed by atoms with Gasteiger partial charge in [0, 0.05) is 30.1 Å². The Hall–Kier alpha value is -0.380. The standard InChI is InChI=1S/C11H22N2OS/c1-4-5-6-12-11(14)13-7-9(2)15-10(3)8-13/h9-10H,4-8H2,1-3H3,(H,12,14). The van der Waals surface area contributed by atoms with Crippen LogP contribution < -0.4 is 5.32 Å². The molecule has 1 aliphatic heterocycles. The van der Waals surface area contributed by atoms with Crippen LogP contribution in [0.5, 0.6) is 0 Å². The third kappa shape index (κ3) is 4.33. The monoisotopic (exact) mass is 230 g/mol. The van der Waals surface area contributed by atoms with E-state index in [1.54, 1.807) is 0 Å². The number of nitrogens with one attached hydrogen (secondary N) is 1. The van der Waals surface area contributed by atoms with Gasteiger partial charge in [-0.1, -0.05) is 27.2 Å². The van der Waals surface area contributed by atoms with E-state index in [0.29, 0.717) is 10.5 Å². The lowest BCUT2D eigenvalue weighted by Crippen LogP contribution is -2.48. The van der Waals surface area contributed by atoms with Gasteiger partial charge in [0.25, 0.3) is 0 Å². The van der Waals surface area contributed by atoms with Gasteiger partial charge in [0.2, 0.25) is 0 Å². The van der Waals surface area contributed by atoms with Gasteiger partial charge in [-0.15, -0.1) is 0 Å². The van der Waals surface area contributed by atoms with Gasteiger partial charge in [-0.2, -0.15) is 11.8 Å². The first kappa shape index (κ1) is 12.7. The number of nitrogens with zero attached hydrogens (tertiary/aromatic N) is 1. The summed E-state index contributed by atoms with van der Waals surface area (Å²) in [5, 5.41) is 4.09. The molecule has 0 radical (unpaired) electrons. The summed E-state index contributed by atoms with van der Waals surface area (Å²) in [7, 11) is 0. The molecular weight excluding hydrogens is 208 g/mol. The minimum Gasteiger partial charge on any atom is -0.338 e. The van der Waals surface area contributed by atoms with E-state index in [4.69, 9.17) is 0 Å². The van der Waals surface area contributed by atoms with Crippen molar-refractivity contribution in [2.24, 2.45) is 0 Å². The molecule has 2 amide bonds. The van der Waals surface area contributed by atoms with Crippen molar-refractivity contribution in [3.05, 3.63) is 0 Å². The summed E-state index contributed by atoms with van der Waals surface area (Å²) in [5.74, 6) is 0. The van der Waals surface area contributed by atoms with E-state index < -0.39 is 0 Å². The zero-order valence-corrected chi connectivity index (χ0v) is 10.8. The second-order valence-electron chi connectivity index (χ2n) is 4.25. The fourth-order valence-corrected chi connectivity index (χ4v) is 3.15. The Morgan fingerprint density at radius 3 is 2.53 bits per heavy atom. The molecule has 1 heterocycles. The van der Waals surface area contributed by atoms with E-state index in [9.17, 15) is 4.79 Å². The predicted molar refractivity (Wildman–Crippen MR) is 66.4 cm³/mol. The molecule has 1 fully saturated rings. The molecule has 2 unspecified atom stereocenters. The molecule has 4 heteroatoms. The summed E-state index contributed by atoms with van der Waals surface area (Å²) >= 11 is 1.97. The summed E-state index contributed by atoms with van der Waals surface area (Å²) in [6, 6.07) is 0.113. The average molecular weight is 230 g/mol. The number of rotatable bonds is 3. The second-order valence-corrected chi connectivity index (χ2v) is 6.13. The molecule has 1 N–H and O–H groups in total. The molecule has 1 saturated heterocycles. The summed E-state index contributed by atoms with van der Waals surface area (Å²) in [5.41, 5.74) is 0. The Morgan fingerprint density at radius 2 is 2.00 bits per heavy atom. The van der Waals surface area contributed by atoms with Crippen LogP contribution >= 0.6 is 11.8 Å². The van der Waals surface area contributed by atoms with Gasteiger partial charge >= 0.3 is 6.03 Å². The van der Waals surface area contributed by atoms with Crippen molar-refractivity contribution >= 4 is 17.8 Å². The van der Waals surface area contributed by atoms with Gasteiger partial charge in [0.05, 0.1) is 0 Å². The molecule has 0 aliphatic carbocycles. The topological polar surface area (TPSA) is 32.3 Å². The maximum Gasteiger partial charge on any atom is 0.317 e. The highest BCUT2D eigenvalue weighted by Gasteiger charge is 2.25. The number of unbranched alkanes of at least 4 members (excludes halogenated alkanes) is 1. The Kier molecular flexibility index (Phi) is 5.29. The molecule has 0 aromatic rings. The zero-order chi connectivity index (χ0) is 11.3. The summed E-state index contributed by atoms with van der Waals surface area (Å²) in [4.78, 5) is 13.7. The van der Waals surface area contributed by atoms with E-state index in [0.717, 1.165) is 32.5 Å². The highest BCUT2D eigenvalue weighted by Crippen LogP contribution is 2.24. The highest BCUT2D eigenvalue weighted by molar-refractivity contribution is 8.00. The molecule has 0 aromatic carbocycles. The van der Waals surface area contributed by atoms with Gasteiger partial charge in [0.1, 0.15) is 0 Å². The van der Waals surface area contributed by atoms with Crippen LogP contribution in [0.1, 0.15) is 33.6 Å². The lowest BCUT2D eigenvalue weighted by atomic mass is 10.3. The number of hydrogen-bond acceptors (Lipinski definition) is 2. The van der Waals surface area contributed by atoms with Gasteiger partial charge in [0.15, 0.2) is 0 Å². The van der Waals surface area contributed by atoms with Crippen LogP contribution in [-0.4, -0.2) is 41.1 Å². The third-order valence-corrected chi connectivity index (χ3v) is 3.74. The first-order chi connectivity index (χ1) is 7.13. The summed E-state index contributed by atoms with van der Waals surface area (Å²) in [6.45, 7) is 9.08. The Labute approximate surface area is 97.0 Å². The molecule has 0 saturated carbocycles. The highest BCUT2D eigenvalue weighted by atomic mass is 32.2. The zero-order valence-electron chi connectivity index (χ0n) is 9.95. The molecule has 1 aliphatic rings. The van der Waals surface area contributed by atoms with Crippen molar-refractivity contribution in [3.8, 4) is 0 Å². The molecular formula is C11H22N2OS. The Morgan fingerprint density at radius 1 is 1.40 bits per heavy atom. The van der Waals surface area contributed by atoms with Crippen molar-refractivity contribution in [2.45, 2.75) is 44.1 Å². The minimum atomic E-state index is 0.113. The van der Waals surface area contributed by atoms with E-state index in [1.165, 1.54) is 0 Å². The number of amides is 2. The number of hydrogen-bond donors (Lipinski definition) is 1. The maximum absolute atomic E-state index is 11.8. The molecule has 1 rings (SSSR count). The average Bonchev–Trinajstić information content (AvgIpc) is 2.16. The van der Waals surface area contributed by atoms with Crippen molar-refractivity contribution in [2.75, 3.05) is 19.6 Å². The van der Waals surface area contributed by atoms with Gasteiger partial charge in [-0.25, -0.2) is 4.79 Å². The van der Waals surface area contributed by atoms with Crippen LogP contribution in [0.15, 0.2) is 0 Å². The smallest absolute Gasteiger partial charge is 0.317 e. The fourth-order valence-electron chi connectivity index (χ4n) is 1.83. The van der Waals surface area contributed by atoms with E-state index in [-0.39, 0.29) is 6.03 Å². The second kappa shape index (κ2) is 6.26. The first-order valence-corrected chi connectivity index (χ1v) is 6.76. The van der Waals surface area contributed by atoms with Crippen molar-refractivity contribution in [1.82, 2.24) is 10.2 Å². The number of carbonyl (C=O) groups is 1. The maximum atomic E-state index is 11.8. The van der Waals surface area contributed by atoms with Crippen LogP contribution in [0.3, 0.4) is 0 Å². The van der Waals surface area contributed by atoms with E-state index in [1.807, 2.05) is 16.7 Å². The van der Waals surface area contributed by atoms with Crippen LogP contribution in [0.4, 0.5) is 4.79 Å². The first-order valence-electron chi connectivity index (χ1n) is 5.81. The summed E-state index contributed by atoms with van der Waals surface area (Å²) < 4.78 is 0. The molecule has 2 atom stereocenters. The Balaban J connectivity index is 2.31. The third-order valence-electron chi connectivity index (χ3n) is 2.51. The molecule has 88 valence electrons. The number of carbonyl (C=O) groups excluding carboxylic acids is 1. The van der Waals surface area contributed by atoms with Crippen molar-refractivity contribution in [3.63, 3.8) is 0 Å². The SMILES string of the molecule is CCCCNC(=O)N1CC(C)SC(C)C1. The van der Waals surface area contributed by atoms with Gasteiger partial charge < -0.3 is 10.2 Å². The number of thioether (sulfide) groups is 1. The Bertz CT molecular complexity index is 201. The molecule has 3 nitrogen and oxygen atoms in total. The quantitative estimate of drug-likeness (QED) is 0.755. The van der Waals surface area contributed by atoms with Crippen LogP contribution in [0, 0.1) is 0 Å². The summed E-state index contributed by atoms with van der Waals surface area (Å²) in [6.07, 6.45) is 2.20. The minimum absolute atomic E-state index is 0.113. The lowest BCUT2D eigenvalue weighted by molar-refractivity contribution is 0.197. The lowest BCUT2D eigenvalue weighted by Gasteiger charge is -2.34. The van der Waals surface area contributed by atoms with E-state index in [2.05, 4.69) is 26.1 Å². The van der Waals surface area contributed by atoms with Gasteiger partial charge in [-0.05, 0) is 6.42 Å². The van der Waals surface area contributed by atoms with E-state index >= 15 is 0 Å². The van der Waals surface area contributed by atoms with Gasteiger partial charge in [-0.3, -0.25) is 0 Å². The van der Waals surface area contributed by atoms with Crippen molar-refractivity contribution in [1.29, 1.82) is 0 Å². The van der Waals surface area contributed by atoms with Crippen LogP contribution in [0.25, 0.3) is 0 Å². The normalized spacial score (nSPS) is 26.5. The van der Waals surface area contributed by atoms with Crippen LogP contribution in [-0.2, 0) is 0 Å².